The van der Waals surface area contributed by atoms with Crippen molar-refractivity contribution in [2.75, 3.05) is 26.2 Å². The highest BCUT2D eigenvalue weighted by molar-refractivity contribution is 6.30. The summed E-state index contributed by atoms with van der Waals surface area (Å²) in [4.78, 5) is 14.8. The summed E-state index contributed by atoms with van der Waals surface area (Å²) < 4.78 is 1.78. The normalized spacial score (nSPS) is 23.3. The predicted molar refractivity (Wildman–Crippen MR) is 89.1 cm³/mol. The molecule has 0 saturated carbocycles. The molecule has 1 N–H and O–H groups in total. The molecule has 2 aliphatic heterocycles. The zero-order chi connectivity index (χ0) is 16.0. The molecule has 23 heavy (non-hydrogen) atoms. The van der Waals surface area contributed by atoms with Crippen LogP contribution in [0, 0.1) is 18.8 Å². The monoisotopic (exact) mass is 330 g/mol. The lowest BCUT2D eigenvalue weighted by Gasteiger charge is -2.17. The van der Waals surface area contributed by atoms with Crippen LogP contribution in [0.1, 0.15) is 16.1 Å². The lowest BCUT2D eigenvalue weighted by Crippen LogP contribution is -2.32. The Kier molecular flexibility index (Phi) is 3.62. The van der Waals surface area contributed by atoms with Gasteiger partial charge in [0.1, 0.15) is 0 Å². The third-order valence-electron chi connectivity index (χ3n) is 4.97. The van der Waals surface area contributed by atoms with E-state index in [1.54, 1.807) is 10.9 Å². The number of amides is 1. The van der Waals surface area contributed by atoms with E-state index in [1.807, 2.05) is 36.1 Å². The molecule has 2 fully saturated rings. The molecule has 1 aromatic carbocycles. The number of rotatable bonds is 2. The van der Waals surface area contributed by atoms with Gasteiger partial charge in [-0.05, 0) is 37.0 Å². The number of benzene rings is 1. The van der Waals surface area contributed by atoms with Crippen molar-refractivity contribution in [2.24, 2.45) is 11.8 Å². The summed E-state index contributed by atoms with van der Waals surface area (Å²) in [5.74, 6) is 1.29. The Bertz CT molecular complexity index is 745. The molecule has 1 amide bonds. The van der Waals surface area contributed by atoms with Crippen molar-refractivity contribution in [2.45, 2.75) is 6.92 Å². The summed E-state index contributed by atoms with van der Waals surface area (Å²) in [5.41, 5.74) is 2.40. The van der Waals surface area contributed by atoms with E-state index in [-0.39, 0.29) is 5.91 Å². The van der Waals surface area contributed by atoms with Crippen LogP contribution in [-0.4, -0.2) is 46.8 Å². The number of nitrogens with one attached hydrogen (secondary N) is 1. The highest BCUT2D eigenvalue weighted by atomic mass is 35.5. The van der Waals surface area contributed by atoms with Gasteiger partial charge in [0.25, 0.3) is 5.91 Å². The van der Waals surface area contributed by atoms with E-state index in [2.05, 4.69) is 10.4 Å². The van der Waals surface area contributed by atoms with E-state index in [4.69, 9.17) is 11.6 Å². The average Bonchev–Trinajstić information content (AvgIpc) is 3.20. The first-order valence-electron chi connectivity index (χ1n) is 7.94. The second-order valence-electron chi connectivity index (χ2n) is 6.42. The Labute approximate surface area is 140 Å². The van der Waals surface area contributed by atoms with E-state index in [0.717, 1.165) is 37.6 Å². The minimum Gasteiger partial charge on any atom is -0.338 e. The van der Waals surface area contributed by atoms with Crippen LogP contribution < -0.4 is 5.32 Å². The second kappa shape index (κ2) is 5.65. The van der Waals surface area contributed by atoms with Crippen LogP contribution in [0.4, 0.5) is 0 Å². The van der Waals surface area contributed by atoms with Gasteiger partial charge in [0.05, 0.1) is 23.1 Å². The van der Waals surface area contributed by atoms with Gasteiger partial charge >= 0.3 is 0 Å². The minimum atomic E-state index is 0.0881. The zero-order valence-corrected chi connectivity index (χ0v) is 13.8. The van der Waals surface area contributed by atoms with Crippen LogP contribution in [-0.2, 0) is 0 Å². The minimum absolute atomic E-state index is 0.0881. The van der Waals surface area contributed by atoms with Crippen LogP contribution >= 0.6 is 11.6 Å². The first kappa shape index (κ1) is 14.7. The molecule has 0 spiro atoms. The van der Waals surface area contributed by atoms with Crippen LogP contribution in [0.25, 0.3) is 5.69 Å². The standard InChI is InChI=1S/C17H19ClN4O/c1-11-16(8-20-22(11)15-4-2-3-14(18)5-15)17(23)21-9-12-6-19-7-13(12)10-21/h2-5,8,12-13,19H,6-7,9-10H2,1H3/t12-,13+. The van der Waals surface area contributed by atoms with Gasteiger partial charge in [0.2, 0.25) is 0 Å². The molecule has 120 valence electrons. The van der Waals surface area contributed by atoms with E-state index >= 15 is 0 Å². The van der Waals surface area contributed by atoms with E-state index < -0.39 is 0 Å². The summed E-state index contributed by atoms with van der Waals surface area (Å²) >= 11 is 6.05. The van der Waals surface area contributed by atoms with E-state index in [1.165, 1.54) is 0 Å². The van der Waals surface area contributed by atoms with Gasteiger partial charge in [-0.25, -0.2) is 4.68 Å². The molecule has 2 saturated heterocycles. The highest BCUT2D eigenvalue weighted by Crippen LogP contribution is 2.28. The summed E-state index contributed by atoms with van der Waals surface area (Å²) in [7, 11) is 0. The largest absolute Gasteiger partial charge is 0.338 e. The maximum absolute atomic E-state index is 12.8. The Hall–Kier alpha value is -1.85. The molecule has 0 unspecified atom stereocenters. The van der Waals surface area contributed by atoms with Gasteiger partial charge in [-0.15, -0.1) is 0 Å². The second-order valence-corrected chi connectivity index (χ2v) is 6.86. The summed E-state index contributed by atoms with van der Waals surface area (Å²) in [6.07, 6.45) is 1.67. The van der Waals surface area contributed by atoms with Crippen molar-refractivity contribution in [1.29, 1.82) is 0 Å². The molecule has 3 heterocycles. The molecule has 0 radical (unpaired) electrons. The number of aromatic nitrogens is 2. The highest BCUT2D eigenvalue weighted by Gasteiger charge is 2.38. The number of hydrogen-bond donors (Lipinski definition) is 1. The van der Waals surface area contributed by atoms with Gasteiger partial charge in [0, 0.05) is 31.2 Å². The smallest absolute Gasteiger partial charge is 0.257 e. The van der Waals surface area contributed by atoms with Gasteiger partial charge in [-0.3, -0.25) is 4.79 Å². The van der Waals surface area contributed by atoms with E-state index in [9.17, 15) is 4.79 Å². The average molecular weight is 331 g/mol. The van der Waals surface area contributed by atoms with Crippen molar-refractivity contribution in [1.82, 2.24) is 20.0 Å². The molecule has 2 aliphatic rings. The first-order chi connectivity index (χ1) is 11.1. The van der Waals surface area contributed by atoms with E-state index in [0.29, 0.717) is 22.4 Å². The Morgan fingerprint density at radius 3 is 2.74 bits per heavy atom. The molecule has 0 aliphatic carbocycles. The summed E-state index contributed by atoms with van der Waals surface area (Å²) in [6.45, 7) is 5.67. The maximum atomic E-state index is 12.8. The molecule has 0 bridgehead atoms. The summed E-state index contributed by atoms with van der Waals surface area (Å²) in [6, 6.07) is 7.50. The summed E-state index contributed by atoms with van der Waals surface area (Å²) in [5, 5.41) is 8.45. The first-order valence-corrected chi connectivity index (χ1v) is 8.32. The number of fused-ring (bicyclic) bond motifs is 1. The lowest BCUT2D eigenvalue weighted by atomic mass is 10.0. The van der Waals surface area contributed by atoms with Crippen molar-refractivity contribution < 1.29 is 4.79 Å². The molecule has 2 aromatic rings. The quantitative estimate of drug-likeness (QED) is 0.917. The topological polar surface area (TPSA) is 50.2 Å². The van der Waals surface area contributed by atoms with Crippen molar-refractivity contribution in [3.63, 3.8) is 0 Å². The number of hydrogen-bond acceptors (Lipinski definition) is 3. The van der Waals surface area contributed by atoms with Crippen molar-refractivity contribution >= 4 is 17.5 Å². The van der Waals surface area contributed by atoms with Crippen LogP contribution in [0.5, 0.6) is 0 Å². The van der Waals surface area contributed by atoms with Crippen molar-refractivity contribution in [3.05, 3.63) is 46.7 Å². The van der Waals surface area contributed by atoms with Gasteiger partial charge < -0.3 is 10.2 Å². The number of nitrogens with zero attached hydrogens (tertiary/aromatic N) is 3. The lowest BCUT2D eigenvalue weighted by molar-refractivity contribution is 0.0781. The Morgan fingerprint density at radius 1 is 1.30 bits per heavy atom. The van der Waals surface area contributed by atoms with Gasteiger partial charge in [0.15, 0.2) is 0 Å². The van der Waals surface area contributed by atoms with Crippen molar-refractivity contribution in [3.8, 4) is 5.69 Å². The molecule has 5 nitrogen and oxygen atoms in total. The molecular formula is C17H19ClN4O. The number of halogens is 1. The molecule has 1 aromatic heterocycles. The fourth-order valence-corrected chi connectivity index (χ4v) is 3.86. The zero-order valence-electron chi connectivity index (χ0n) is 13.0. The third kappa shape index (κ3) is 2.54. The van der Waals surface area contributed by atoms with Crippen LogP contribution in [0.3, 0.4) is 0 Å². The van der Waals surface area contributed by atoms with Gasteiger partial charge in [-0.2, -0.15) is 5.10 Å². The number of carbonyl (C=O) groups excluding carboxylic acids is 1. The number of carbonyl (C=O) groups is 1. The van der Waals surface area contributed by atoms with Crippen LogP contribution in [0.2, 0.25) is 5.02 Å². The Morgan fingerprint density at radius 2 is 2.04 bits per heavy atom. The Balaban J connectivity index is 1.59. The maximum Gasteiger partial charge on any atom is 0.257 e. The fraction of sp³-hybridized carbons (Fsp3) is 0.412. The number of likely N-dealkylation sites (tertiary alicyclic amines) is 1. The van der Waals surface area contributed by atoms with Gasteiger partial charge in [-0.1, -0.05) is 17.7 Å². The third-order valence-corrected chi connectivity index (χ3v) is 5.20. The van der Waals surface area contributed by atoms with Crippen LogP contribution in [0.15, 0.2) is 30.5 Å². The fourth-order valence-electron chi connectivity index (χ4n) is 3.68. The molecule has 2 atom stereocenters. The molecular weight excluding hydrogens is 312 g/mol. The molecule has 4 rings (SSSR count). The SMILES string of the molecule is Cc1c(C(=O)N2C[C@H]3CNC[C@H]3C2)cnn1-c1cccc(Cl)c1. The molecule has 6 heteroatoms. The predicted octanol–water partition coefficient (Wildman–Crippen LogP) is 2.13.